The summed E-state index contributed by atoms with van der Waals surface area (Å²) < 4.78 is 13.0. The van der Waals surface area contributed by atoms with Gasteiger partial charge in [-0.15, -0.1) is 0 Å². The highest BCUT2D eigenvalue weighted by Crippen LogP contribution is 2.28. The summed E-state index contributed by atoms with van der Waals surface area (Å²) in [5, 5.41) is 0.938. The van der Waals surface area contributed by atoms with Gasteiger partial charge in [0.25, 0.3) is 0 Å². The van der Waals surface area contributed by atoms with Crippen LogP contribution in [0.3, 0.4) is 0 Å². The molecule has 2 nitrogen and oxygen atoms in total. The van der Waals surface area contributed by atoms with E-state index < -0.39 is 5.82 Å². The molecule has 0 fully saturated rings. The van der Waals surface area contributed by atoms with Crippen molar-refractivity contribution in [3.63, 3.8) is 0 Å². The number of aldehydes is 1. The average Bonchev–Trinajstić information content (AvgIpc) is 2.44. The highest BCUT2D eigenvalue weighted by Gasteiger charge is 2.10. The number of benzene rings is 1. The van der Waals surface area contributed by atoms with E-state index in [0.29, 0.717) is 22.9 Å². The first kappa shape index (κ1) is 9.21. The molecule has 0 amide bonds. The molecule has 0 unspecified atom stereocenters. The van der Waals surface area contributed by atoms with E-state index in [9.17, 15) is 9.18 Å². The van der Waals surface area contributed by atoms with Crippen LogP contribution in [0.25, 0.3) is 10.9 Å². The smallest absolute Gasteiger partial charge is 0.166 e. The number of halogens is 2. The Kier molecular flexibility index (Phi) is 2.04. The first-order valence-corrected chi connectivity index (χ1v) is 4.44. The summed E-state index contributed by atoms with van der Waals surface area (Å²) in [6, 6.07) is 2.58. The van der Waals surface area contributed by atoms with Gasteiger partial charge in [0, 0.05) is 5.39 Å². The lowest BCUT2D eigenvalue weighted by atomic mass is 10.1. The Bertz CT molecular complexity index is 518. The Hall–Kier alpha value is -1.35. The number of carbonyl (C=O) groups excluding carboxylic acids is 1. The number of nitrogens with one attached hydrogen (secondary N) is 1. The van der Waals surface area contributed by atoms with E-state index in [1.165, 1.54) is 12.1 Å². The molecule has 0 radical (unpaired) electrons. The van der Waals surface area contributed by atoms with Gasteiger partial charge >= 0.3 is 0 Å². The lowest BCUT2D eigenvalue weighted by molar-refractivity contribution is 0.111. The summed E-state index contributed by atoms with van der Waals surface area (Å²) >= 11 is 5.82. The average molecular weight is 212 g/mol. The summed E-state index contributed by atoms with van der Waals surface area (Å²) in [7, 11) is 0. The number of hydrogen-bond donors (Lipinski definition) is 1. The van der Waals surface area contributed by atoms with Crippen molar-refractivity contribution in [1.82, 2.24) is 4.98 Å². The summed E-state index contributed by atoms with van der Waals surface area (Å²) in [6.07, 6.45) is 0.698. The highest BCUT2D eigenvalue weighted by molar-refractivity contribution is 6.35. The number of rotatable bonds is 1. The second kappa shape index (κ2) is 3.10. The van der Waals surface area contributed by atoms with Gasteiger partial charge in [0.05, 0.1) is 16.2 Å². The second-order valence-electron chi connectivity index (χ2n) is 3.09. The van der Waals surface area contributed by atoms with Crippen LogP contribution in [0, 0.1) is 12.7 Å². The third kappa shape index (κ3) is 1.21. The van der Waals surface area contributed by atoms with Gasteiger partial charge in [0.1, 0.15) is 5.82 Å². The topological polar surface area (TPSA) is 32.9 Å². The number of aryl methyl sites for hydroxylation is 1. The van der Waals surface area contributed by atoms with Crippen molar-refractivity contribution >= 4 is 28.8 Å². The van der Waals surface area contributed by atoms with Gasteiger partial charge in [-0.2, -0.15) is 0 Å². The molecule has 2 rings (SSSR count). The molecular formula is C10H7ClFNO. The van der Waals surface area contributed by atoms with Gasteiger partial charge in [0.2, 0.25) is 0 Å². The van der Waals surface area contributed by atoms with Gasteiger partial charge < -0.3 is 4.98 Å². The summed E-state index contributed by atoms with van der Waals surface area (Å²) in [5.74, 6) is -0.401. The number of carbonyl (C=O) groups is 1. The van der Waals surface area contributed by atoms with Crippen LogP contribution in [0.15, 0.2) is 12.1 Å². The maximum atomic E-state index is 13.0. The molecule has 0 spiro atoms. The zero-order valence-corrected chi connectivity index (χ0v) is 8.15. The van der Waals surface area contributed by atoms with Crippen LogP contribution in [-0.2, 0) is 0 Å². The molecule has 1 aromatic heterocycles. The molecule has 1 N–H and O–H groups in total. The lowest BCUT2D eigenvalue weighted by Crippen LogP contribution is -1.80. The summed E-state index contributed by atoms with van der Waals surface area (Å²) in [5.41, 5.74) is 1.76. The largest absolute Gasteiger partial charge is 0.351 e. The Labute approximate surface area is 84.7 Å². The van der Waals surface area contributed by atoms with Crippen molar-refractivity contribution in [2.45, 2.75) is 6.92 Å². The molecular weight excluding hydrogens is 205 g/mol. The number of hydrogen-bond acceptors (Lipinski definition) is 1. The second-order valence-corrected chi connectivity index (χ2v) is 3.50. The van der Waals surface area contributed by atoms with Crippen LogP contribution in [-0.4, -0.2) is 11.3 Å². The predicted molar refractivity (Wildman–Crippen MR) is 53.4 cm³/mol. The first-order valence-electron chi connectivity index (χ1n) is 4.06. The van der Waals surface area contributed by atoms with Crippen molar-refractivity contribution in [2.24, 2.45) is 0 Å². The first-order chi connectivity index (χ1) is 6.63. The fourth-order valence-corrected chi connectivity index (χ4v) is 1.74. The van der Waals surface area contributed by atoms with Crippen LogP contribution in [0.4, 0.5) is 4.39 Å². The van der Waals surface area contributed by atoms with Crippen molar-refractivity contribution in [1.29, 1.82) is 0 Å². The number of H-pyrrole nitrogens is 1. The molecule has 0 bridgehead atoms. The van der Waals surface area contributed by atoms with Gasteiger partial charge in [-0.1, -0.05) is 11.6 Å². The molecule has 1 heterocycles. The van der Waals surface area contributed by atoms with E-state index in [-0.39, 0.29) is 5.02 Å². The third-order valence-corrected chi connectivity index (χ3v) is 2.54. The van der Waals surface area contributed by atoms with Crippen LogP contribution in [0.5, 0.6) is 0 Å². The SMILES string of the molecule is Cc1c(C=O)[nH]c2c(Cl)cc(F)cc12. The maximum Gasteiger partial charge on any atom is 0.166 e. The van der Waals surface area contributed by atoms with Crippen molar-refractivity contribution in [3.8, 4) is 0 Å². The minimum Gasteiger partial charge on any atom is -0.351 e. The van der Waals surface area contributed by atoms with Gasteiger partial charge in [-0.25, -0.2) is 4.39 Å². The van der Waals surface area contributed by atoms with Crippen molar-refractivity contribution in [2.75, 3.05) is 0 Å². The van der Waals surface area contributed by atoms with E-state index in [1.54, 1.807) is 6.92 Å². The Morgan fingerprint density at radius 2 is 2.21 bits per heavy atom. The normalized spacial score (nSPS) is 10.8. The molecule has 0 saturated carbocycles. The van der Waals surface area contributed by atoms with Gasteiger partial charge in [-0.05, 0) is 24.6 Å². The van der Waals surface area contributed by atoms with Crippen molar-refractivity contribution < 1.29 is 9.18 Å². The van der Waals surface area contributed by atoms with Crippen LogP contribution >= 0.6 is 11.6 Å². The Morgan fingerprint density at radius 3 is 2.86 bits per heavy atom. The fraction of sp³-hybridized carbons (Fsp3) is 0.100. The molecule has 0 aliphatic heterocycles. The Balaban J connectivity index is 2.91. The minimum atomic E-state index is -0.401. The lowest BCUT2D eigenvalue weighted by Gasteiger charge is -1.94. The van der Waals surface area contributed by atoms with Crippen molar-refractivity contribution in [3.05, 3.63) is 34.2 Å². The maximum absolute atomic E-state index is 13.0. The quantitative estimate of drug-likeness (QED) is 0.723. The molecule has 0 aliphatic carbocycles. The molecule has 4 heteroatoms. The molecule has 14 heavy (non-hydrogen) atoms. The van der Waals surface area contributed by atoms with E-state index in [4.69, 9.17) is 11.6 Å². The van der Waals surface area contributed by atoms with Crippen LogP contribution in [0.2, 0.25) is 5.02 Å². The molecule has 1 aromatic carbocycles. The predicted octanol–water partition coefficient (Wildman–Crippen LogP) is 3.08. The summed E-state index contributed by atoms with van der Waals surface area (Å²) in [6.45, 7) is 1.75. The van der Waals surface area contributed by atoms with E-state index >= 15 is 0 Å². The Morgan fingerprint density at radius 1 is 1.50 bits per heavy atom. The van der Waals surface area contributed by atoms with E-state index in [2.05, 4.69) is 4.98 Å². The van der Waals surface area contributed by atoms with E-state index in [1.807, 2.05) is 0 Å². The van der Waals surface area contributed by atoms with Crippen LogP contribution in [0.1, 0.15) is 16.1 Å². The third-order valence-electron chi connectivity index (χ3n) is 2.24. The summed E-state index contributed by atoms with van der Waals surface area (Å²) in [4.78, 5) is 13.5. The fourth-order valence-electron chi connectivity index (χ4n) is 1.49. The molecule has 0 saturated heterocycles. The zero-order chi connectivity index (χ0) is 10.3. The standard InChI is InChI=1S/C10H7ClFNO/c1-5-7-2-6(12)3-8(11)10(7)13-9(5)4-14/h2-4,13H,1H3. The highest BCUT2D eigenvalue weighted by atomic mass is 35.5. The molecule has 0 atom stereocenters. The molecule has 0 aliphatic rings. The molecule has 72 valence electrons. The van der Waals surface area contributed by atoms with Gasteiger partial charge in [-0.3, -0.25) is 4.79 Å². The number of aromatic amines is 1. The monoisotopic (exact) mass is 211 g/mol. The number of fused-ring (bicyclic) bond motifs is 1. The zero-order valence-electron chi connectivity index (χ0n) is 7.40. The number of aromatic nitrogens is 1. The van der Waals surface area contributed by atoms with Gasteiger partial charge in [0.15, 0.2) is 6.29 Å². The van der Waals surface area contributed by atoms with Crippen LogP contribution < -0.4 is 0 Å². The van der Waals surface area contributed by atoms with E-state index in [0.717, 1.165) is 5.56 Å². The molecule has 2 aromatic rings. The minimum absolute atomic E-state index is 0.288.